The number of hydrogen-bond acceptors (Lipinski definition) is 3. The molecule has 0 bridgehead atoms. The smallest absolute Gasteiger partial charge is 0.227 e. The fourth-order valence-corrected chi connectivity index (χ4v) is 3.48. The first-order chi connectivity index (χ1) is 13.3. The molecule has 0 atom stereocenters. The van der Waals surface area contributed by atoms with Crippen LogP contribution in [0, 0.1) is 5.92 Å². The van der Waals surface area contributed by atoms with Gasteiger partial charge in [0.2, 0.25) is 11.8 Å². The SMILES string of the molecule is CC(C)(C)c1cc2cc(NC(=O)C3CC3)ccc2n1CCCC(=O)NCCO. The zero-order valence-corrected chi connectivity index (χ0v) is 17.0. The molecule has 1 aromatic heterocycles. The molecule has 0 unspecified atom stereocenters. The minimum Gasteiger partial charge on any atom is -0.395 e. The molecule has 3 rings (SSSR count). The van der Waals surface area contributed by atoms with E-state index in [-0.39, 0.29) is 29.8 Å². The van der Waals surface area contributed by atoms with Crippen LogP contribution in [0.3, 0.4) is 0 Å². The number of benzene rings is 1. The fourth-order valence-electron chi connectivity index (χ4n) is 3.48. The van der Waals surface area contributed by atoms with Crippen molar-refractivity contribution >= 4 is 28.4 Å². The summed E-state index contributed by atoms with van der Waals surface area (Å²) >= 11 is 0. The van der Waals surface area contributed by atoms with Gasteiger partial charge in [0.25, 0.3) is 0 Å². The molecule has 1 heterocycles. The van der Waals surface area contributed by atoms with Crippen molar-refractivity contribution in [1.29, 1.82) is 0 Å². The summed E-state index contributed by atoms with van der Waals surface area (Å²) in [7, 11) is 0. The van der Waals surface area contributed by atoms with Gasteiger partial charge in [0, 0.05) is 53.1 Å². The van der Waals surface area contributed by atoms with E-state index in [2.05, 4.69) is 48.1 Å². The van der Waals surface area contributed by atoms with Gasteiger partial charge >= 0.3 is 0 Å². The van der Waals surface area contributed by atoms with Gasteiger partial charge in [-0.2, -0.15) is 0 Å². The number of aliphatic hydroxyl groups is 1. The topological polar surface area (TPSA) is 83.4 Å². The number of rotatable bonds is 8. The maximum absolute atomic E-state index is 12.1. The molecule has 2 aromatic rings. The molecule has 152 valence electrons. The van der Waals surface area contributed by atoms with E-state index in [9.17, 15) is 9.59 Å². The maximum atomic E-state index is 12.1. The highest BCUT2D eigenvalue weighted by molar-refractivity contribution is 5.96. The average Bonchev–Trinajstić information content (AvgIpc) is 3.41. The quantitative estimate of drug-likeness (QED) is 0.653. The van der Waals surface area contributed by atoms with Gasteiger partial charge in [-0.05, 0) is 43.5 Å². The summed E-state index contributed by atoms with van der Waals surface area (Å²) in [4.78, 5) is 23.9. The normalized spacial score (nSPS) is 14.3. The van der Waals surface area contributed by atoms with Crippen molar-refractivity contribution in [2.45, 2.75) is 58.4 Å². The monoisotopic (exact) mass is 385 g/mol. The summed E-state index contributed by atoms with van der Waals surface area (Å²) < 4.78 is 2.28. The number of carbonyl (C=O) groups excluding carboxylic acids is 2. The van der Waals surface area contributed by atoms with E-state index in [4.69, 9.17) is 5.11 Å². The third kappa shape index (κ3) is 4.93. The minimum atomic E-state index is -0.0399. The number of nitrogens with one attached hydrogen (secondary N) is 2. The Labute approximate surface area is 166 Å². The standard InChI is InChI=1S/C22H31N3O3/c1-22(2,3)19-14-16-13-17(24-21(28)15-6-7-15)8-9-18(16)25(19)11-4-5-20(27)23-10-12-26/h8-9,13-15,26H,4-7,10-12H2,1-3H3,(H,23,27)(H,24,28). The molecular formula is C22H31N3O3. The van der Waals surface area contributed by atoms with Gasteiger partial charge in [0.1, 0.15) is 0 Å². The van der Waals surface area contributed by atoms with E-state index < -0.39 is 0 Å². The van der Waals surface area contributed by atoms with Gasteiger partial charge in [-0.1, -0.05) is 20.8 Å². The molecule has 1 aromatic carbocycles. The van der Waals surface area contributed by atoms with Crippen LogP contribution in [0.15, 0.2) is 24.3 Å². The molecule has 1 fully saturated rings. The van der Waals surface area contributed by atoms with Crippen LogP contribution in [0.4, 0.5) is 5.69 Å². The zero-order valence-electron chi connectivity index (χ0n) is 17.0. The van der Waals surface area contributed by atoms with E-state index in [1.54, 1.807) is 0 Å². The highest BCUT2D eigenvalue weighted by atomic mass is 16.3. The van der Waals surface area contributed by atoms with Crippen LogP contribution in [0.2, 0.25) is 0 Å². The van der Waals surface area contributed by atoms with Crippen LogP contribution in [0.1, 0.15) is 52.1 Å². The van der Waals surface area contributed by atoms with Crippen LogP contribution in [0.25, 0.3) is 10.9 Å². The molecule has 1 aliphatic carbocycles. The number of aromatic nitrogens is 1. The van der Waals surface area contributed by atoms with Crippen molar-refractivity contribution in [2.75, 3.05) is 18.5 Å². The van der Waals surface area contributed by atoms with E-state index in [0.29, 0.717) is 13.0 Å². The van der Waals surface area contributed by atoms with Gasteiger partial charge in [-0.3, -0.25) is 9.59 Å². The second-order valence-electron chi connectivity index (χ2n) is 8.65. The lowest BCUT2D eigenvalue weighted by Gasteiger charge is -2.22. The number of aliphatic hydroxyl groups excluding tert-OH is 1. The van der Waals surface area contributed by atoms with Gasteiger partial charge in [0.15, 0.2) is 0 Å². The van der Waals surface area contributed by atoms with Crippen LogP contribution in [0.5, 0.6) is 0 Å². The Hall–Kier alpha value is -2.34. The third-order valence-electron chi connectivity index (χ3n) is 5.10. The molecule has 28 heavy (non-hydrogen) atoms. The van der Waals surface area contributed by atoms with Gasteiger partial charge in [-0.25, -0.2) is 0 Å². The molecule has 3 N–H and O–H groups in total. The first-order valence-corrected chi connectivity index (χ1v) is 10.1. The number of hydrogen-bond donors (Lipinski definition) is 3. The van der Waals surface area contributed by atoms with Crippen molar-refractivity contribution in [3.8, 4) is 0 Å². The number of fused-ring (bicyclic) bond motifs is 1. The molecule has 1 saturated carbocycles. The number of amides is 2. The van der Waals surface area contributed by atoms with Crippen molar-refractivity contribution in [3.05, 3.63) is 30.0 Å². The molecule has 0 radical (unpaired) electrons. The number of carbonyl (C=O) groups is 2. The van der Waals surface area contributed by atoms with E-state index in [1.165, 1.54) is 5.69 Å². The molecule has 0 aliphatic heterocycles. The predicted molar refractivity (Wildman–Crippen MR) is 111 cm³/mol. The molecule has 6 heteroatoms. The summed E-state index contributed by atoms with van der Waals surface area (Å²) in [5.41, 5.74) is 3.13. The summed E-state index contributed by atoms with van der Waals surface area (Å²) in [5.74, 6) is 0.263. The molecular weight excluding hydrogens is 354 g/mol. The second-order valence-corrected chi connectivity index (χ2v) is 8.65. The molecule has 6 nitrogen and oxygen atoms in total. The lowest BCUT2D eigenvalue weighted by molar-refractivity contribution is -0.121. The van der Waals surface area contributed by atoms with Crippen LogP contribution >= 0.6 is 0 Å². The number of anilines is 1. The molecule has 2 amide bonds. The molecule has 0 saturated heterocycles. The zero-order chi connectivity index (χ0) is 20.3. The summed E-state index contributed by atoms with van der Waals surface area (Å²) in [6.07, 6.45) is 3.14. The third-order valence-corrected chi connectivity index (χ3v) is 5.10. The minimum absolute atomic E-state index is 0.0322. The Kier molecular flexibility index (Phi) is 6.08. The lowest BCUT2D eigenvalue weighted by Crippen LogP contribution is -2.26. The van der Waals surface area contributed by atoms with Crippen LogP contribution < -0.4 is 10.6 Å². The first kappa shape index (κ1) is 20.4. The fraction of sp³-hybridized carbons (Fsp3) is 0.545. The molecule has 0 spiro atoms. The van der Waals surface area contributed by atoms with Gasteiger partial charge in [0.05, 0.1) is 6.61 Å². The largest absolute Gasteiger partial charge is 0.395 e. The van der Waals surface area contributed by atoms with Crippen molar-refractivity contribution in [3.63, 3.8) is 0 Å². The van der Waals surface area contributed by atoms with E-state index in [1.807, 2.05) is 12.1 Å². The Bertz CT molecular complexity index is 860. The summed E-state index contributed by atoms with van der Waals surface area (Å²) in [6, 6.07) is 8.24. The van der Waals surface area contributed by atoms with Crippen LogP contribution in [-0.2, 0) is 21.5 Å². The Morgan fingerprint density at radius 1 is 1.21 bits per heavy atom. The van der Waals surface area contributed by atoms with Crippen molar-refractivity contribution in [2.24, 2.45) is 5.92 Å². The maximum Gasteiger partial charge on any atom is 0.227 e. The number of nitrogens with zero attached hydrogens (tertiary/aromatic N) is 1. The van der Waals surface area contributed by atoms with Gasteiger partial charge in [-0.15, -0.1) is 0 Å². The van der Waals surface area contributed by atoms with Crippen molar-refractivity contribution < 1.29 is 14.7 Å². The summed E-state index contributed by atoms with van der Waals surface area (Å²) in [5, 5.41) is 15.6. The summed E-state index contributed by atoms with van der Waals surface area (Å²) in [6.45, 7) is 7.55. The Morgan fingerprint density at radius 3 is 2.61 bits per heavy atom. The predicted octanol–water partition coefficient (Wildman–Crippen LogP) is 3.18. The lowest BCUT2D eigenvalue weighted by atomic mass is 9.92. The Morgan fingerprint density at radius 2 is 1.96 bits per heavy atom. The number of aryl methyl sites for hydroxylation is 1. The molecule has 1 aliphatic rings. The van der Waals surface area contributed by atoms with Gasteiger partial charge < -0.3 is 20.3 Å². The Balaban J connectivity index is 1.78. The second kappa shape index (κ2) is 8.35. The van der Waals surface area contributed by atoms with E-state index in [0.717, 1.165) is 42.4 Å². The highest BCUT2D eigenvalue weighted by Gasteiger charge is 2.29. The van der Waals surface area contributed by atoms with Crippen LogP contribution in [-0.4, -0.2) is 34.6 Å². The average molecular weight is 386 g/mol. The van der Waals surface area contributed by atoms with E-state index >= 15 is 0 Å². The first-order valence-electron chi connectivity index (χ1n) is 10.1. The van der Waals surface area contributed by atoms with Crippen molar-refractivity contribution in [1.82, 2.24) is 9.88 Å². The highest BCUT2D eigenvalue weighted by Crippen LogP contribution is 2.33.